The van der Waals surface area contributed by atoms with Crippen LogP contribution < -0.4 is 10.5 Å². The summed E-state index contributed by atoms with van der Waals surface area (Å²) >= 11 is 1.37. The number of aromatic nitrogens is 1. The molecule has 8 nitrogen and oxygen atoms in total. The van der Waals surface area contributed by atoms with E-state index >= 15 is 0 Å². The highest BCUT2D eigenvalue weighted by Crippen LogP contribution is 2.38. The minimum Gasteiger partial charge on any atom is -0.492 e. The highest BCUT2D eigenvalue weighted by molar-refractivity contribution is 7.13. The van der Waals surface area contributed by atoms with Gasteiger partial charge in [-0.25, -0.2) is 4.98 Å². The van der Waals surface area contributed by atoms with Crippen molar-refractivity contribution >= 4 is 28.3 Å². The van der Waals surface area contributed by atoms with Crippen molar-refractivity contribution in [1.29, 1.82) is 0 Å². The largest absolute Gasteiger partial charge is 0.492 e. The first-order chi connectivity index (χ1) is 17.5. The van der Waals surface area contributed by atoms with Crippen molar-refractivity contribution in [2.24, 2.45) is 5.41 Å². The van der Waals surface area contributed by atoms with Crippen LogP contribution in [-0.4, -0.2) is 72.1 Å². The van der Waals surface area contributed by atoms with Gasteiger partial charge in [-0.2, -0.15) is 0 Å². The van der Waals surface area contributed by atoms with Crippen LogP contribution in [0.1, 0.15) is 61.0 Å². The maximum Gasteiger partial charge on any atom is 0.257 e. The molecule has 0 saturated carbocycles. The van der Waals surface area contributed by atoms with Crippen LogP contribution in [0.5, 0.6) is 5.75 Å². The van der Waals surface area contributed by atoms with Crippen molar-refractivity contribution in [3.63, 3.8) is 0 Å². The zero-order valence-electron chi connectivity index (χ0n) is 20.8. The average molecular weight is 513 g/mol. The normalized spacial score (nSPS) is 23.0. The number of hydrogen-bond acceptors (Lipinski definition) is 7. The monoisotopic (exact) mass is 512 g/mol. The van der Waals surface area contributed by atoms with Gasteiger partial charge in [0, 0.05) is 37.0 Å². The number of carbonyl (C=O) groups is 2. The van der Waals surface area contributed by atoms with E-state index in [1.807, 2.05) is 39.4 Å². The van der Waals surface area contributed by atoms with Gasteiger partial charge in [0.05, 0.1) is 36.9 Å². The smallest absolute Gasteiger partial charge is 0.257 e. The Bertz CT molecular complexity index is 1070. The van der Waals surface area contributed by atoms with Gasteiger partial charge in [0.15, 0.2) is 5.13 Å². The lowest BCUT2D eigenvalue weighted by Gasteiger charge is -2.42. The fourth-order valence-corrected chi connectivity index (χ4v) is 6.28. The number of nitrogens with two attached hydrogens (primary N) is 1. The molecule has 0 radical (unpaired) electrons. The summed E-state index contributed by atoms with van der Waals surface area (Å²) in [4.78, 5) is 34.5. The van der Waals surface area contributed by atoms with Crippen molar-refractivity contribution in [3.8, 4) is 5.75 Å². The second kappa shape index (κ2) is 11.2. The van der Waals surface area contributed by atoms with Crippen molar-refractivity contribution in [3.05, 3.63) is 40.9 Å². The fraction of sp³-hybridized carbons (Fsp3) is 0.593. The third-order valence-electron chi connectivity index (χ3n) is 7.92. The first-order valence-corrected chi connectivity index (χ1v) is 14.0. The molecular formula is C27H36N4O4S. The molecule has 36 heavy (non-hydrogen) atoms. The number of likely N-dealkylation sites (tertiary alicyclic amines) is 1. The lowest BCUT2D eigenvalue weighted by atomic mass is 9.75. The number of ether oxygens (including phenoxy) is 2. The molecule has 4 heterocycles. The van der Waals surface area contributed by atoms with Crippen LogP contribution in [0.25, 0.3) is 0 Å². The second-order valence-electron chi connectivity index (χ2n) is 10.3. The Morgan fingerprint density at radius 1 is 1.14 bits per heavy atom. The molecule has 2 amide bonds. The Hall–Kier alpha value is -2.65. The Morgan fingerprint density at radius 2 is 1.97 bits per heavy atom. The summed E-state index contributed by atoms with van der Waals surface area (Å²) in [6.45, 7) is 4.03. The number of thiazole rings is 1. The molecule has 1 aromatic heterocycles. The molecule has 2 fully saturated rings. The number of anilines is 1. The summed E-state index contributed by atoms with van der Waals surface area (Å²) < 4.78 is 12.5. The Balaban J connectivity index is 1.28. The van der Waals surface area contributed by atoms with Crippen molar-refractivity contribution < 1.29 is 19.1 Å². The Morgan fingerprint density at radius 3 is 2.78 bits per heavy atom. The standard InChI is InChI=1S/C27H36N4O4S/c28-26-29-20(18-36-26)16-24(32)30-13-10-27(11-14-30)9-3-4-15-34-17-21-6-5-12-31(21)25(33)22-7-1-2-8-23(22)35-19-27/h1-2,7-8,18,21H,3-6,9-17,19H2,(H2,28,29)/t21-/m0/s1. The molecule has 3 aliphatic rings. The van der Waals surface area contributed by atoms with E-state index in [9.17, 15) is 9.59 Å². The molecular weight excluding hydrogens is 476 g/mol. The number of rotatable bonds is 2. The zero-order chi connectivity index (χ0) is 25.0. The van der Waals surface area contributed by atoms with E-state index in [1.165, 1.54) is 11.3 Å². The number of nitrogen functional groups attached to an aromatic ring is 1. The van der Waals surface area contributed by atoms with E-state index in [0.717, 1.165) is 57.2 Å². The van der Waals surface area contributed by atoms with Gasteiger partial charge in [0.1, 0.15) is 5.75 Å². The first kappa shape index (κ1) is 25.0. The van der Waals surface area contributed by atoms with Gasteiger partial charge in [0.25, 0.3) is 5.91 Å². The third kappa shape index (κ3) is 5.67. The van der Waals surface area contributed by atoms with E-state index in [-0.39, 0.29) is 23.3 Å². The zero-order valence-corrected chi connectivity index (χ0v) is 21.6. The second-order valence-corrected chi connectivity index (χ2v) is 11.2. The molecule has 1 aromatic carbocycles. The number of para-hydroxylation sites is 1. The van der Waals surface area contributed by atoms with Crippen LogP contribution in [0.15, 0.2) is 29.6 Å². The van der Waals surface area contributed by atoms with Gasteiger partial charge >= 0.3 is 0 Å². The molecule has 3 aliphatic heterocycles. The maximum atomic E-state index is 13.5. The fourth-order valence-electron chi connectivity index (χ4n) is 5.72. The number of hydrogen-bond donors (Lipinski definition) is 1. The van der Waals surface area contributed by atoms with E-state index in [0.29, 0.717) is 55.8 Å². The molecule has 2 aromatic rings. The molecule has 0 bridgehead atoms. The van der Waals surface area contributed by atoms with Crippen LogP contribution in [0, 0.1) is 5.41 Å². The van der Waals surface area contributed by atoms with E-state index in [4.69, 9.17) is 15.2 Å². The average Bonchev–Trinajstić information content (AvgIpc) is 3.53. The van der Waals surface area contributed by atoms with Gasteiger partial charge < -0.3 is 25.0 Å². The van der Waals surface area contributed by atoms with Crippen molar-refractivity contribution in [1.82, 2.24) is 14.8 Å². The Labute approximate surface area is 216 Å². The third-order valence-corrected chi connectivity index (χ3v) is 8.65. The van der Waals surface area contributed by atoms with Crippen LogP contribution in [0.4, 0.5) is 5.13 Å². The van der Waals surface area contributed by atoms with Crippen LogP contribution in [0.2, 0.25) is 0 Å². The molecule has 194 valence electrons. The van der Waals surface area contributed by atoms with Gasteiger partial charge in [-0.1, -0.05) is 18.6 Å². The molecule has 9 heteroatoms. The van der Waals surface area contributed by atoms with Gasteiger partial charge in [0.2, 0.25) is 5.91 Å². The topological polar surface area (TPSA) is 98.0 Å². The summed E-state index contributed by atoms with van der Waals surface area (Å²) in [6.07, 6.45) is 7.12. The van der Waals surface area contributed by atoms with Crippen molar-refractivity contribution in [2.45, 2.75) is 57.4 Å². The van der Waals surface area contributed by atoms with E-state index in [1.54, 1.807) is 0 Å². The van der Waals surface area contributed by atoms with E-state index in [2.05, 4.69) is 4.98 Å². The summed E-state index contributed by atoms with van der Waals surface area (Å²) in [5.41, 5.74) is 7.06. The summed E-state index contributed by atoms with van der Waals surface area (Å²) in [5, 5.41) is 2.35. The minimum atomic E-state index is -0.0295. The van der Waals surface area contributed by atoms with Gasteiger partial charge in [-0.15, -0.1) is 11.3 Å². The van der Waals surface area contributed by atoms with Gasteiger partial charge in [-0.3, -0.25) is 9.59 Å². The predicted octanol–water partition coefficient (Wildman–Crippen LogP) is 3.76. The quantitative estimate of drug-likeness (QED) is 0.658. The molecule has 1 atom stereocenters. The molecule has 2 saturated heterocycles. The lowest BCUT2D eigenvalue weighted by molar-refractivity contribution is -0.133. The molecule has 1 spiro atoms. The number of nitrogens with zero attached hydrogens (tertiary/aromatic N) is 3. The van der Waals surface area contributed by atoms with E-state index < -0.39 is 0 Å². The van der Waals surface area contributed by atoms with Crippen molar-refractivity contribution in [2.75, 3.05) is 45.2 Å². The predicted molar refractivity (Wildman–Crippen MR) is 139 cm³/mol. The molecule has 0 unspecified atom stereocenters. The SMILES string of the molecule is Nc1nc(CC(=O)N2CCC3(CCCCOC[C@@H]4CCCN4C(=O)c4ccccc4OC3)CC2)cs1. The minimum absolute atomic E-state index is 0.0295. The Kier molecular flexibility index (Phi) is 7.76. The lowest BCUT2D eigenvalue weighted by Crippen LogP contribution is -2.46. The number of amides is 2. The van der Waals surface area contributed by atoms with Crippen LogP contribution >= 0.6 is 11.3 Å². The maximum absolute atomic E-state index is 13.5. The van der Waals surface area contributed by atoms with Crippen LogP contribution in [-0.2, 0) is 16.0 Å². The highest BCUT2D eigenvalue weighted by atomic mass is 32.1. The van der Waals surface area contributed by atoms with Crippen LogP contribution in [0.3, 0.4) is 0 Å². The number of carbonyl (C=O) groups excluding carboxylic acids is 2. The summed E-state index contributed by atoms with van der Waals surface area (Å²) in [6, 6.07) is 7.76. The number of fused-ring (bicyclic) bond motifs is 2. The highest BCUT2D eigenvalue weighted by Gasteiger charge is 2.37. The number of benzene rings is 1. The molecule has 2 N–H and O–H groups in total. The number of piperidine rings is 1. The summed E-state index contributed by atoms with van der Waals surface area (Å²) in [7, 11) is 0. The molecule has 0 aliphatic carbocycles. The summed E-state index contributed by atoms with van der Waals surface area (Å²) in [5.74, 6) is 0.789. The molecule has 5 rings (SSSR count). The first-order valence-electron chi connectivity index (χ1n) is 13.1. The van der Waals surface area contributed by atoms with Gasteiger partial charge in [-0.05, 0) is 50.7 Å².